The fraction of sp³-hybridized carbons (Fsp3) is 0.455. The number of aryl methyl sites for hydroxylation is 1. The first-order chi connectivity index (χ1) is 14.5. The molecule has 2 aliphatic rings. The molecule has 30 heavy (non-hydrogen) atoms. The van der Waals surface area contributed by atoms with Crippen LogP contribution in [0.1, 0.15) is 54.2 Å². The van der Waals surface area contributed by atoms with Crippen LogP contribution >= 0.6 is 0 Å². The van der Waals surface area contributed by atoms with Crippen molar-refractivity contribution in [1.82, 2.24) is 20.0 Å². The zero-order chi connectivity index (χ0) is 20.7. The fourth-order valence-corrected chi connectivity index (χ4v) is 4.42. The zero-order valence-corrected chi connectivity index (χ0v) is 16.8. The van der Waals surface area contributed by atoms with E-state index in [0.29, 0.717) is 42.0 Å². The van der Waals surface area contributed by atoms with Crippen molar-refractivity contribution in [2.75, 3.05) is 13.1 Å². The average Bonchev–Trinajstić information content (AvgIpc) is 3.24. The maximum atomic E-state index is 13.3. The number of benzene rings is 1. The minimum absolute atomic E-state index is 0.146. The Kier molecular flexibility index (Phi) is 4.64. The van der Waals surface area contributed by atoms with Crippen LogP contribution in [0.2, 0.25) is 0 Å². The third kappa shape index (κ3) is 3.51. The van der Waals surface area contributed by atoms with Crippen LogP contribution in [0.3, 0.4) is 0 Å². The van der Waals surface area contributed by atoms with Gasteiger partial charge in [-0.25, -0.2) is 9.37 Å². The van der Waals surface area contributed by atoms with Gasteiger partial charge in [0, 0.05) is 18.7 Å². The van der Waals surface area contributed by atoms with E-state index in [0.717, 1.165) is 19.3 Å². The summed E-state index contributed by atoms with van der Waals surface area (Å²) in [5.74, 6) is 1.45. The van der Waals surface area contributed by atoms with Crippen molar-refractivity contribution in [3.63, 3.8) is 0 Å². The lowest BCUT2D eigenvalue weighted by Crippen LogP contribution is -2.49. The molecule has 0 N–H and O–H groups in total. The van der Waals surface area contributed by atoms with Gasteiger partial charge < -0.3 is 13.8 Å². The Morgan fingerprint density at radius 2 is 2.10 bits per heavy atom. The standard InChI is InChI=1S/C22H23FN4O3/c1-14-18(29-13-24-14)20(28)27-10-2-9-22(12-27,11-15-3-4-15)21-25-19(30-26-21)16-5-7-17(23)8-6-16/h5-8,13,15H,2-4,9-12H2,1H3. The Morgan fingerprint density at radius 3 is 2.80 bits per heavy atom. The molecular weight excluding hydrogens is 387 g/mol. The van der Waals surface area contributed by atoms with Crippen LogP contribution in [0.25, 0.3) is 11.5 Å². The molecule has 3 heterocycles. The monoisotopic (exact) mass is 410 g/mol. The van der Waals surface area contributed by atoms with Gasteiger partial charge in [-0.05, 0) is 56.4 Å². The highest BCUT2D eigenvalue weighted by molar-refractivity contribution is 5.92. The summed E-state index contributed by atoms with van der Waals surface area (Å²) >= 11 is 0. The molecule has 2 aromatic heterocycles. The number of carbonyl (C=O) groups excluding carboxylic acids is 1. The highest BCUT2D eigenvalue weighted by Gasteiger charge is 2.46. The summed E-state index contributed by atoms with van der Waals surface area (Å²) in [5, 5.41) is 4.31. The summed E-state index contributed by atoms with van der Waals surface area (Å²) in [4.78, 5) is 23.6. The normalized spacial score (nSPS) is 21.7. The predicted molar refractivity (Wildman–Crippen MR) is 105 cm³/mol. The summed E-state index contributed by atoms with van der Waals surface area (Å²) < 4.78 is 24.1. The highest BCUT2D eigenvalue weighted by Crippen LogP contribution is 2.46. The molecule has 1 saturated heterocycles. The number of aromatic nitrogens is 3. The molecule has 0 spiro atoms. The van der Waals surface area contributed by atoms with Gasteiger partial charge in [0.05, 0.1) is 11.1 Å². The Hall–Kier alpha value is -3.03. The largest absolute Gasteiger partial charge is 0.438 e. The number of piperidine rings is 1. The lowest BCUT2D eigenvalue weighted by Gasteiger charge is -2.40. The summed E-state index contributed by atoms with van der Waals surface area (Å²) in [6, 6.07) is 6.01. The van der Waals surface area contributed by atoms with Crippen molar-refractivity contribution >= 4 is 5.91 Å². The maximum Gasteiger partial charge on any atom is 0.291 e. The number of hydrogen-bond acceptors (Lipinski definition) is 6. The van der Waals surface area contributed by atoms with E-state index in [1.54, 1.807) is 19.1 Å². The zero-order valence-electron chi connectivity index (χ0n) is 16.8. The van der Waals surface area contributed by atoms with E-state index < -0.39 is 0 Å². The molecule has 1 aliphatic carbocycles. The molecule has 1 atom stereocenters. The molecule has 2 fully saturated rings. The first kappa shape index (κ1) is 19.0. The number of likely N-dealkylation sites (tertiary alicyclic amines) is 1. The van der Waals surface area contributed by atoms with E-state index in [1.807, 2.05) is 4.90 Å². The molecule has 0 bridgehead atoms. The van der Waals surface area contributed by atoms with Gasteiger partial charge in [-0.1, -0.05) is 18.0 Å². The van der Waals surface area contributed by atoms with Crippen LogP contribution in [0.4, 0.5) is 4.39 Å². The SMILES string of the molecule is Cc1ncoc1C(=O)N1CCCC(CC2CC2)(c2noc(-c3ccc(F)cc3)n2)C1. The van der Waals surface area contributed by atoms with Gasteiger partial charge in [0.2, 0.25) is 5.76 Å². The lowest BCUT2D eigenvalue weighted by molar-refractivity contribution is 0.0575. The van der Waals surface area contributed by atoms with E-state index >= 15 is 0 Å². The topological polar surface area (TPSA) is 85.3 Å². The Balaban J connectivity index is 1.45. The van der Waals surface area contributed by atoms with Gasteiger partial charge in [-0.15, -0.1) is 0 Å². The van der Waals surface area contributed by atoms with Gasteiger partial charge in [-0.2, -0.15) is 4.98 Å². The molecule has 8 heteroatoms. The Labute approximate surface area is 173 Å². The van der Waals surface area contributed by atoms with E-state index in [1.165, 1.54) is 31.4 Å². The van der Waals surface area contributed by atoms with Crippen molar-refractivity contribution in [2.24, 2.45) is 5.92 Å². The molecule has 3 aromatic rings. The van der Waals surface area contributed by atoms with Crippen LogP contribution in [0.15, 0.2) is 39.6 Å². The van der Waals surface area contributed by atoms with Crippen molar-refractivity contribution in [1.29, 1.82) is 0 Å². The second kappa shape index (κ2) is 7.34. The van der Waals surface area contributed by atoms with E-state index in [-0.39, 0.29) is 22.9 Å². The molecule has 1 saturated carbocycles. The molecule has 1 amide bonds. The number of hydrogen-bond donors (Lipinski definition) is 0. The van der Waals surface area contributed by atoms with E-state index in [4.69, 9.17) is 8.94 Å². The smallest absolute Gasteiger partial charge is 0.291 e. The summed E-state index contributed by atoms with van der Waals surface area (Å²) in [5.41, 5.74) is 0.916. The molecule has 5 rings (SSSR count). The first-order valence-electron chi connectivity index (χ1n) is 10.3. The van der Waals surface area contributed by atoms with Crippen molar-refractivity contribution < 1.29 is 18.1 Å². The predicted octanol–water partition coefficient (Wildman–Crippen LogP) is 4.15. The number of halogens is 1. The number of amides is 1. The van der Waals surface area contributed by atoms with Crippen LogP contribution in [-0.2, 0) is 5.41 Å². The summed E-state index contributed by atoms with van der Waals surface area (Å²) in [6.07, 6.45) is 6.36. The Morgan fingerprint density at radius 1 is 1.30 bits per heavy atom. The van der Waals surface area contributed by atoms with Crippen LogP contribution in [0.5, 0.6) is 0 Å². The van der Waals surface area contributed by atoms with Crippen LogP contribution in [0, 0.1) is 18.7 Å². The number of oxazole rings is 1. The van der Waals surface area contributed by atoms with E-state index in [9.17, 15) is 9.18 Å². The average molecular weight is 410 g/mol. The number of carbonyl (C=O) groups is 1. The fourth-order valence-electron chi connectivity index (χ4n) is 4.42. The van der Waals surface area contributed by atoms with Gasteiger partial charge in [-0.3, -0.25) is 4.79 Å². The van der Waals surface area contributed by atoms with Crippen molar-refractivity contribution in [3.8, 4) is 11.5 Å². The lowest BCUT2D eigenvalue weighted by atomic mass is 9.74. The second-order valence-electron chi connectivity index (χ2n) is 8.46. The molecule has 1 unspecified atom stereocenters. The minimum atomic E-state index is -0.356. The maximum absolute atomic E-state index is 13.3. The van der Waals surface area contributed by atoms with Crippen molar-refractivity contribution in [2.45, 2.75) is 44.4 Å². The second-order valence-corrected chi connectivity index (χ2v) is 8.46. The van der Waals surface area contributed by atoms with Crippen LogP contribution in [-0.4, -0.2) is 39.0 Å². The van der Waals surface area contributed by atoms with Crippen molar-refractivity contribution in [3.05, 3.63) is 53.8 Å². The van der Waals surface area contributed by atoms with Gasteiger partial charge in [0.15, 0.2) is 12.2 Å². The third-order valence-corrected chi connectivity index (χ3v) is 6.17. The summed E-state index contributed by atoms with van der Waals surface area (Å²) in [7, 11) is 0. The summed E-state index contributed by atoms with van der Waals surface area (Å²) in [6.45, 7) is 2.95. The number of nitrogens with zero attached hydrogens (tertiary/aromatic N) is 4. The molecule has 1 aromatic carbocycles. The molecule has 1 aliphatic heterocycles. The van der Waals surface area contributed by atoms with Gasteiger partial charge in [0.1, 0.15) is 5.82 Å². The molecule has 156 valence electrons. The molecule has 7 nitrogen and oxygen atoms in total. The third-order valence-electron chi connectivity index (χ3n) is 6.17. The number of rotatable bonds is 5. The molecular formula is C22H23FN4O3. The minimum Gasteiger partial charge on any atom is -0.438 e. The Bertz CT molecular complexity index is 1060. The van der Waals surface area contributed by atoms with Gasteiger partial charge >= 0.3 is 0 Å². The van der Waals surface area contributed by atoms with E-state index in [2.05, 4.69) is 15.1 Å². The van der Waals surface area contributed by atoms with Crippen LogP contribution < -0.4 is 0 Å². The highest BCUT2D eigenvalue weighted by atomic mass is 19.1. The quantitative estimate of drug-likeness (QED) is 0.628. The first-order valence-corrected chi connectivity index (χ1v) is 10.3. The molecule has 0 radical (unpaired) electrons. The van der Waals surface area contributed by atoms with Gasteiger partial charge in [0.25, 0.3) is 11.8 Å².